The maximum Gasteiger partial charge on any atom is 0.573 e. The van der Waals surface area contributed by atoms with E-state index in [4.69, 9.17) is 5.73 Å². The van der Waals surface area contributed by atoms with Gasteiger partial charge in [0, 0.05) is 19.6 Å². The van der Waals surface area contributed by atoms with Crippen LogP contribution in [0.15, 0.2) is 24.3 Å². The first-order chi connectivity index (χ1) is 11.2. The third-order valence-corrected chi connectivity index (χ3v) is 5.22. The van der Waals surface area contributed by atoms with Gasteiger partial charge >= 0.3 is 6.36 Å². The lowest BCUT2D eigenvalue weighted by atomic mass is 9.84. The number of benzene rings is 1. The van der Waals surface area contributed by atoms with E-state index in [0.29, 0.717) is 18.4 Å². The quantitative estimate of drug-likeness (QED) is 0.915. The largest absolute Gasteiger partial charge is 0.573 e. The Morgan fingerprint density at radius 1 is 1.25 bits per heavy atom. The summed E-state index contributed by atoms with van der Waals surface area (Å²) in [4.78, 5) is 14.3. The summed E-state index contributed by atoms with van der Waals surface area (Å²) >= 11 is 0. The fourth-order valence-electron chi connectivity index (χ4n) is 4.11. The molecular formula is C17H21F3N2O2. The molecule has 0 radical (unpaired) electrons. The molecule has 0 heterocycles. The Morgan fingerprint density at radius 2 is 1.88 bits per heavy atom. The normalized spacial score (nSPS) is 28.9. The molecule has 0 aliphatic heterocycles. The Labute approximate surface area is 138 Å². The summed E-state index contributed by atoms with van der Waals surface area (Å²) in [5, 5.41) is 0. The minimum atomic E-state index is -4.70. The number of alkyl halides is 3. The lowest BCUT2D eigenvalue weighted by Crippen LogP contribution is -2.45. The molecule has 3 rings (SSSR count). The van der Waals surface area contributed by atoms with Crippen LogP contribution in [0.1, 0.15) is 24.8 Å². The van der Waals surface area contributed by atoms with Crippen LogP contribution in [0, 0.1) is 17.8 Å². The van der Waals surface area contributed by atoms with Gasteiger partial charge in [0.15, 0.2) is 0 Å². The van der Waals surface area contributed by atoms with Gasteiger partial charge in [0.05, 0.1) is 5.92 Å². The van der Waals surface area contributed by atoms with E-state index in [2.05, 4.69) is 4.74 Å². The van der Waals surface area contributed by atoms with Crippen LogP contribution in [0.4, 0.5) is 13.2 Å². The molecule has 7 heteroatoms. The van der Waals surface area contributed by atoms with E-state index in [1.807, 2.05) is 0 Å². The number of hydrogen-bond donors (Lipinski definition) is 1. The molecule has 4 unspecified atom stereocenters. The van der Waals surface area contributed by atoms with E-state index in [1.54, 1.807) is 11.9 Å². The first-order valence-electron chi connectivity index (χ1n) is 8.10. The van der Waals surface area contributed by atoms with Gasteiger partial charge in [-0.2, -0.15) is 0 Å². The highest BCUT2D eigenvalue weighted by atomic mass is 19.4. The van der Waals surface area contributed by atoms with Crippen molar-refractivity contribution in [2.24, 2.45) is 23.5 Å². The average molecular weight is 342 g/mol. The third-order valence-electron chi connectivity index (χ3n) is 5.22. The van der Waals surface area contributed by atoms with Crippen molar-refractivity contribution in [1.82, 2.24) is 4.90 Å². The van der Waals surface area contributed by atoms with Crippen molar-refractivity contribution in [1.29, 1.82) is 0 Å². The summed E-state index contributed by atoms with van der Waals surface area (Å²) in [6.45, 7) is 0.339. The first kappa shape index (κ1) is 17.1. The van der Waals surface area contributed by atoms with Crippen molar-refractivity contribution in [3.05, 3.63) is 29.8 Å². The molecule has 1 aromatic carbocycles. The summed E-state index contributed by atoms with van der Waals surface area (Å²) in [6, 6.07) is 5.51. The highest BCUT2D eigenvalue weighted by molar-refractivity contribution is 5.80. The average Bonchev–Trinajstić information content (AvgIpc) is 3.08. The number of rotatable bonds is 4. The zero-order chi connectivity index (χ0) is 17.5. The lowest BCUT2D eigenvalue weighted by molar-refractivity contribution is -0.274. The minimum absolute atomic E-state index is 0.0327. The van der Waals surface area contributed by atoms with Crippen LogP contribution in [0.3, 0.4) is 0 Å². The van der Waals surface area contributed by atoms with E-state index in [-0.39, 0.29) is 23.6 Å². The highest BCUT2D eigenvalue weighted by Gasteiger charge is 2.49. The van der Waals surface area contributed by atoms with Crippen LogP contribution in [0.5, 0.6) is 5.75 Å². The Morgan fingerprint density at radius 3 is 2.42 bits per heavy atom. The second-order valence-electron chi connectivity index (χ2n) is 6.82. The zero-order valence-corrected chi connectivity index (χ0v) is 13.4. The number of ether oxygens (including phenoxy) is 1. The molecule has 0 aromatic heterocycles. The Kier molecular flexibility index (Phi) is 4.46. The number of carbonyl (C=O) groups excluding carboxylic acids is 1. The van der Waals surface area contributed by atoms with Crippen LogP contribution in [-0.4, -0.2) is 30.3 Å². The predicted octanol–water partition coefficient (Wildman–Crippen LogP) is 2.92. The molecule has 1 aromatic rings. The number of nitrogens with zero attached hydrogens (tertiary/aromatic N) is 1. The van der Waals surface area contributed by atoms with Crippen LogP contribution in [0.2, 0.25) is 0 Å². The summed E-state index contributed by atoms with van der Waals surface area (Å²) in [5.41, 5.74) is 6.95. The molecule has 2 bridgehead atoms. The molecule has 0 spiro atoms. The topological polar surface area (TPSA) is 55.6 Å². The minimum Gasteiger partial charge on any atom is -0.406 e. The van der Waals surface area contributed by atoms with E-state index >= 15 is 0 Å². The van der Waals surface area contributed by atoms with Gasteiger partial charge in [0.1, 0.15) is 5.75 Å². The summed E-state index contributed by atoms with van der Waals surface area (Å²) in [5.74, 6) is 0.473. The van der Waals surface area contributed by atoms with E-state index in [9.17, 15) is 18.0 Å². The van der Waals surface area contributed by atoms with Crippen molar-refractivity contribution in [3.63, 3.8) is 0 Å². The molecule has 4 nitrogen and oxygen atoms in total. The van der Waals surface area contributed by atoms with Gasteiger partial charge in [-0.05, 0) is 48.8 Å². The number of fused-ring (bicyclic) bond motifs is 2. The first-order valence-corrected chi connectivity index (χ1v) is 8.10. The van der Waals surface area contributed by atoms with E-state index < -0.39 is 6.36 Å². The SMILES string of the molecule is CN(Cc1ccc(OC(F)(F)F)cc1)C(=O)C1C2CCC(C2)C1N. The van der Waals surface area contributed by atoms with Gasteiger partial charge in [0.25, 0.3) is 0 Å². The fraction of sp³-hybridized carbons (Fsp3) is 0.588. The Hall–Kier alpha value is -1.76. The van der Waals surface area contributed by atoms with Crippen molar-refractivity contribution in [2.45, 2.75) is 38.2 Å². The van der Waals surface area contributed by atoms with Crippen LogP contribution in [-0.2, 0) is 11.3 Å². The molecule has 2 N–H and O–H groups in total. The Bertz CT molecular complexity index is 601. The maximum absolute atomic E-state index is 12.7. The van der Waals surface area contributed by atoms with Gasteiger partial charge in [0.2, 0.25) is 5.91 Å². The molecule has 2 aliphatic rings. The maximum atomic E-state index is 12.7. The summed E-state index contributed by atoms with van der Waals surface area (Å²) in [7, 11) is 1.71. The van der Waals surface area contributed by atoms with Crippen molar-refractivity contribution in [2.75, 3.05) is 7.05 Å². The van der Waals surface area contributed by atoms with Gasteiger partial charge in [-0.3, -0.25) is 4.79 Å². The zero-order valence-electron chi connectivity index (χ0n) is 13.4. The number of amides is 1. The highest BCUT2D eigenvalue weighted by Crippen LogP contribution is 2.48. The van der Waals surface area contributed by atoms with Crippen molar-refractivity contribution >= 4 is 5.91 Å². The molecular weight excluding hydrogens is 321 g/mol. The predicted molar refractivity (Wildman–Crippen MR) is 81.9 cm³/mol. The molecule has 1 amide bonds. The number of hydrogen-bond acceptors (Lipinski definition) is 3. The lowest BCUT2D eigenvalue weighted by Gasteiger charge is -2.30. The van der Waals surface area contributed by atoms with Gasteiger partial charge in [-0.15, -0.1) is 13.2 Å². The molecule has 2 saturated carbocycles. The van der Waals surface area contributed by atoms with E-state index in [0.717, 1.165) is 24.8 Å². The van der Waals surface area contributed by atoms with E-state index in [1.165, 1.54) is 24.3 Å². The van der Waals surface area contributed by atoms with Gasteiger partial charge in [-0.1, -0.05) is 12.1 Å². The molecule has 24 heavy (non-hydrogen) atoms. The van der Waals surface area contributed by atoms with Crippen LogP contribution >= 0.6 is 0 Å². The second-order valence-corrected chi connectivity index (χ2v) is 6.82. The monoisotopic (exact) mass is 342 g/mol. The standard InChI is InChI=1S/C17H21F3N2O2/c1-22(16(23)14-11-4-5-12(8-11)15(14)21)9-10-2-6-13(7-3-10)24-17(18,19)20/h2-3,6-7,11-12,14-15H,4-5,8-9,21H2,1H3. The third kappa shape index (κ3) is 3.50. The summed E-state index contributed by atoms with van der Waals surface area (Å²) in [6.07, 6.45) is -1.49. The van der Waals surface area contributed by atoms with Gasteiger partial charge in [-0.25, -0.2) is 0 Å². The Balaban J connectivity index is 1.60. The molecule has 0 saturated heterocycles. The number of carbonyl (C=O) groups is 1. The molecule has 132 valence electrons. The number of halogens is 3. The second kappa shape index (κ2) is 6.27. The fourth-order valence-corrected chi connectivity index (χ4v) is 4.11. The number of nitrogens with two attached hydrogens (primary N) is 1. The van der Waals surface area contributed by atoms with Crippen LogP contribution < -0.4 is 10.5 Å². The van der Waals surface area contributed by atoms with Crippen molar-refractivity contribution in [3.8, 4) is 5.75 Å². The summed E-state index contributed by atoms with van der Waals surface area (Å²) < 4.78 is 40.3. The van der Waals surface area contributed by atoms with Crippen molar-refractivity contribution < 1.29 is 22.7 Å². The van der Waals surface area contributed by atoms with Crippen LogP contribution in [0.25, 0.3) is 0 Å². The molecule has 4 atom stereocenters. The van der Waals surface area contributed by atoms with Gasteiger partial charge < -0.3 is 15.4 Å². The molecule has 2 aliphatic carbocycles. The molecule has 2 fully saturated rings. The smallest absolute Gasteiger partial charge is 0.406 e.